The third-order valence-corrected chi connectivity index (χ3v) is 4.22. The molecule has 0 aromatic heterocycles. The Morgan fingerprint density at radius 2 is 1.70 bits per heavy atom. The van der Waals surface area contributed by atoms with Gasteiger partial charge in [0.25, 0.3) is 5.91 Å². The molecule has 3 N–H and O–H groups in total. The second-order valence-electron chi connectivity index (χ2n) is 6.46. The van der Waals surface area contributed by atoms with Crippen LogP contribution in [0.15, 0.2) is 42.5 Å². The van der Waals surface area contributed by atoms with Crippen molar-refractivity contribution in [2.75, 3.05) is 10.6 Å². The highest BCUT2D eigenvalue weighted by atomic mass is 32.1. The number of aryl methyl sites for hydroxylation is 2. The van der Waals surface area contributed by atoms with Crippen LogP contribution in [0.25, 0.3) is 0 Å². The van der Waals surface area contributed by atoms with Gasteiger partial charge in [0, 0.05) is 23.4 Å². The first kappa shape index (κ1) is 20.6. The topological polar surface area (TPSA) is 70.2 Å². The molecule has 2 aromatic rings. The van der Waals surface area contributed by atoms with Crippen LogP contribution in [0.5, 0.6) is 0 Å². The number of rotatable bonds is 6. The van der Waals surface area contributed by atoms with Crippen LogP contribution in [-0.4, -0.2) is 16.9 Å². The highest BCUT2D eigenvalue weighted by Gasteiger charge is 2.11. The molecule has 27 heavy (non-hydrogen) atoms. The molecule has 0 saturated heterocycles. The number of amides is 2. The van der Waals surface area contributed by atoms with Gasteiger partial charge < -0.3 is 10.6 Å². The first-order valence-corrected chi connectivity index (χ1v) is 9.39. The summed E-state index contributed by atoms with van der Waals surface area (Å²) < 4.78 is 0. The van der Waals surface area contributed by atoms with Crippen molar-refractivity contribution < 1.29 is 9.59 Å². The van der Waals surface area contributed by atoms with Crippen molar-refractivity contribution in [2.45, 2.75) is 40.0 Å². The molecule has 0 aliphatic rings. The largest absolute Gasteiger partial charge is 0.332 e. The molecule has 0 aliphatic heterocycles. The van der Waals surface area contributed by atoms with Crippen LogP contribution < -0.4 is 16.0 Å². The van der Waals surface area contributed by atoms with Crippen molar-refractivity contribution >= 4 is 40.5 Å². The number of anilines is 2. The van der Waals surface area contributed by atoms with E-state index in [4.69, 9.17) is 12.2 Å². The second-order valence-corrected chi connectivity index (χ2v) is 6.87. The van der Waals surface area contributed by atoms with E-state index in [1.165, 1.54) is 0 Å². The number of hydrogen-bond acceptors (Lipinski definition) is 3. The fourth-order valence-corrected chi connectivity index (χ4v) is 2.85. The van der Waals surface area contributed by atoms with E-state index in [0.717, 1.165) is 24.0 Å². The van der Waals surface area contributed by atoms with Gasteiger partial charge in [-0.25, -0.2) is 0 Å². The summed E-state index contributed by atoms with van der Waals surface area (Å²) in [5, 5.41) is 8.73. The summed E-state index contributed by atoms with van der Waals surface area (Å²) in [4.78, 5) is 24.2. The van der Waals surface area contributed by atoms with Gasteiger partial charge in [-0.2, -0.15) is 0 Å². The number of nitrogens with one attached hydrogen (secondary N) is 3. The third kappa shape index (κ3) is 6.49. The lowest BCUT2D eigenvalue weighted by Gasteiger charge is -2.12. The Hall–Kier alpha value is -2.73. The Morgan fingerprint density at radius 3 is 2.37 bits per heavy atom. The highest BCUT2D eigenvalue weighted by Crippen LogP contribution is 2.16. The Kier molecular flexibility index (Phi) is 7.49. The van der Waals surface area contributed by atoms with Crippen LogP contribution in [0.4, 0.5) is 11.4 Å². The van der Waals surface area contributed by atoms with E-state index in [-0.39, 0.29) is 16.9 Å². The molecule has 0 heterocycles. The summed E-state index contributed by atoms with van der Waals surface area (Å²) in [6.07, 6.45) is 2.33. The van der Waals surface area contributed by atoms with Gasteiger partial charge in [0.1, 0.15) is 0 Å². The number of thiocarbonyl (C=S) groups is 1. The predicted molar refractivity (Wildman–Crippen MR) is 114 cm³/mol. The zero-order chi connectivity index (χ0) is 19.8. The smallest absolute Gasteiger partial charge is 0.257 e. The van der Waals surface area contributed by atoms with Gasteiger partial charge in [-0.1, -0.05) is 37.1 Å². The predicted octanol–water partition coefficient (Wildman–Crippen LogP) is 4.56. The standard InChI is InChI=1S/C21H25N3O2S/c1-4-5-9-19(25)22-16-7-6-8-17(13-16)23-21(27)24-20(26)18-11-10-14(2)12-15(18)3/h6-8,10-13H,4-5,9H2,1-3H3,(H,22,25)(H2,23,24,26,27). The minimum atomic E-state index is -0.256. The number of carbonyl (C=O) groups is 2. The van der Waals surface area contributed by atoms with E-state index < -0.39 is 0 Å². The van der Waals surface area contributed by atoms with Crippen LogP contribution in [0.1, 0.15) is 47.7 Å². The van der Waals surface area contributed by atoms with Crippen molar-refractivity contribution in [1.29, 1.82) is 0 Å². The minimum absolute atomic E-state index is 0.0141. The average Bonchev–Trinajstić information content (AvgIpc) is 2.59. The Balaban J connectivity index is 1.96. The van der Waals surface area contributed by atoms with E-state index in [0.29, 0.717) is 23.4 Å². The first-order valence-electron chi connectivity index (χ1n) is 8.98. The van der Waals surface area contributed by atoms with Crippen molar-refractivity contribution in [1.82, 2.24) is 5.32 Å². The van der Waals surface area contributed by atoms with Gasteiger partial charge >= 0.3 is 0 Å². The van der Waals surface area contributed by atoms with Gasteiger partial charge in [0.2, 0.25) is 5.91 Å². The number of benzene rings is 2. The zero-order valence-electron chi connectivity index (χ0n) is 15.9. The molecule has 5 nitrogen and oxygen atoms in total. The Morgan fingerprint density at radius 1 is 1.00 bits per heavy atom. The highest BCUT2D eigenvalue weighted by molar-refractivity contribution is 7.80. The van der Waals surface area contributed by atoms with Crippen LogP contribution in [-0.2, 0) is 4.79 Å². The van der Waals surface area contributed by atoms with Crippen LogP contribution in [0.2, 0.25) is 0 Å². The zero-order valence-corrected chi connectivity index (χ0v) is 16.7. The number of hydrogen-bond donors (Lipinski definition) is 3. The van der Waals surface area contributed by atoms with Crippen LogP contribution in [0, 0.1) is 13.8 Å². The third-order valence-electron chi connectivity index (χ3n) is 4.02. The fourth-order valence-electron chi connectivity index (χ4n) is 2.64. The monoisotopic (exact) mass is 383 g/mol. The quantitative estimate of drug-likeness (QED) is 0.640. The summed E-state index contributed by atoms with van der Waals surface area (Å²) in [6.45, 7) is 5.92. The molecule has 6 heteroatoms. The van der Waals surface area contributed by atoms with E-state index in [1.54, 1.807) is 12.1 Å². The summed E-state index contributed by atoms with van der Waals surface area (Å²) in [6, 6.07) is 12.9. The van der Waals surface area contributed by atoms with Crippen molar-refractivity contribution in [3.05, 3.63) is 59.2 Å². The summed E-state index contributed by atoms with van der Waals surface area (Å²) >= 11 is 5.24. The summed E-state index contributed by atoms with van der Waals surface area (Å²) in [7, 11) is 0. The molecule has 142 valence electrons. The van der Waals surface area contributed by atoms with E-state index in [9.17, 15) is 9.59 Å². The second kappa shape index (κ2) is 9.83. The molecule has 0 bridgehead atoms. The molecule has 0 spiro atoms. The average molecular weight is 384 g/mol. The van der Waals surface area contributed by atoms with E-state index in [2.05, 4.69) is 16.0 Å². The molecule has 0 atom stereocenters. The molecule has 0 radical (unpaired) electrons. The van der Waals surface area contributed by atoms with Crippen molar-refractivity contribution in [3.63, 3.8) is 0 Å². The van der Waals surface area contributed by atoms with E-state index in [1.807, 2.05) is 51.1 Å². The molecule has 2 rings (SSSR count). The minimum Gasteiger partial charge on any atom is -0.332 e. The summed E-state index contributed by atoms with van der Waals surface area (Å²) in [5.74, 6) is -0.270. The molecule has 2 aromatic carbocycles. The molecule has 0 unspecified atom stereocenters. The van der Waals surface area contributed by atoms with Gasteiger partial charge in [0.05, 0.1) is 0 Å². The maximum absolute atomic E-state index is 12.4. The Labute approximate surface area is 165 Å². The number of unbranched alkanes of at least 4 members (excludes halogenated alkanes) is 1. The molecular weight excluding hydrogens is 358 g/mol. The molecular formula is C21H25N3O2S. The van der Waals surface area contributed by atoms with Gasteiger partial charge in [0.15, 0.2) is 5.11 Å². The maximum atomic E-state index is 12.4. The lowest BCUT2D eigenvalue weighted by Crippen LogP contribution is -2.34. The van der Waals surface area contributed by atoms with Gasteiger partial charge in [-0.15, -0.1) is 0 Å². The van der Waals surface area contributed by atoms with Gasteiger partial charge in [-0.3, -0.25) is 14.9 Å². The maximum Gasteiger partial charge on any atom is 0.257 e. The first-order chi connectivity index (χ1) is 12.9. The Bertz CT molecular complexity index is 849. The van der Waals surface area contributed by atoms with Crippen molar-refractivity contribution in [3.8, 4) is 0 Å². The lowest BCUT2D eigenvalue weighted by molar-refractivity contribution is -0.116. The van der Waals surface area contributed by atoms with Crippen molar-refractivity contribution in [2.24, 2.45) is 0 Å². The summed E-state index contributed by atoms with van der Waals surface area (Å²) in [5.41, 5.74) is 3.95. The van der Waals surface area contributed by atoms with Crippen LogP contribution in [0.3, 0.4) is 0 Å². The SMILES string of the molecule is CCCCC(=O)Nc1cccc(NC(=S)NC(=O)c2ccc(C)cc2C)c1. The molecule has 0 aliphatic carbocycles. The molecule has 0 fully saturated rings. The normalized spacial score (nSPS) is 10.2. The van der Waals surface area contributed by atoms with E-state index >= 15 is 0 Å². The lowest BCUT2D eigenvalue weighted by atomic mass is 10.1. The molecule has 2 amide bonds. The molecule has 0 saturated carbocycles. The number of carbonyl (C=O) groups excluding carboxylic acids is 2. The van der Waals surface area contributed by atoms with Crippen LogP contribution >= 0.6 is 12.2 Å². The fraction of sp³-hybridized carbons (Fsp3) is 0.286. The van der Waals surface area contributed by atoms with Gasteiger partial charge in [-0.05, 0) is 62.3 Å².